The molecule has 4 bridgehead atoms. The molecule has 1 heterocycles. The highest BCUT2D eigenvalue weighted by atomic mass is 35.5. The molecule has 0 aromatic heterocycles. The second-order valence-electron chi connectivity index (χ2n) is 10.1. The Morgan fingerprint density at radius 3 is 2.23 bits per heavy atom. The number of hydrogen-bond donors (Lipinski definition) is 3. The number of nitrogens with one attached hydrogen (secondary N) is 3. The molecule has 4 aliphatic carbocycles. The minimum absolute atomic E-state index is 0. The quantitative estimate of drug-likeness (QED) is 0.648. The Balaban J connectivity index is 0.00000218. The second-order valence-corrected chi connectivity index (χ2v) is 10.1. The SMILES string of the molecule is Cl.O=C(NC1CCNC1)C(Cc1ccccc1)NC(=O)C12CC3CC(CC(C3)C1)C2. The van der Waals surface area contributed by atoms with Gasteiger partial charge in [-0.15, -0.1) is 12.4 Å². The molecule has 1 saturated heterocycles. The summed E-state index contributed by atoms with van der Waals surface area (Å²) in [4.78, 5) is 26.6. The summed E-state index contributed by atoms with van der Waals surface area (Å²) in [6, 6.07) is 9.70. The predicted octanol–water partition coefficient (Wildman–Crippen LogP) is 2.83. The molecule has 6 rings (SSSR count). The lowest BCUT2D eigenvalue weighted by Gasteiger charge is -2.55. The molecule has 1 aromatic rings. The van der Waals surface area contributed by atoms with Gasteiger partial charge in [-0.3, -0.25) is 9.59 Å². The van der Waals surface area contributed by atoms with E-state index >= 15 is 0 Å². The topological polar surface area (TPSA) is 70.2 Å². The molecule has 4 saturated carbocycles. The Kier molecular flexibility index (Phi) is 6.40. The van der Waals surface area contributed by atoms with Gasteiger partial charge in [0.1, 0.15) is 6.04 Å². The van der Waals surface area contributed by atoms with Crippen LogP contribution >= 0.6 is 12.4 Å². The number of carbonyl (C=O) groups is 2. The summed E-state index contributed by atoms with van der Waals surface area (Å²) in [6.45, 7) is 1.75. The Labute approximate surface area is 185 Å². The van der Waals surface area contributed by atoms with Crippen molar-refractivity contribution >= 4 is 24.2 Å². The molecule has 5 nitrogen and oxygen atoms in total. The smallest absolute Gasteiger partial charge is 0.243 e. The molecule has 6 heteroatoms. The summed E-state index contributed by atoms with van der Waals surface area (Å²) in [5, 5.41) is 9.68. The van der Waals surface area contributed by atoms with Crippen molar-refractivity contribution in [1.82, 2.24) is 16.0 Å². The summed E-state index contributed by atoms with van der Waals surface area (Å²) in [6.07, 6.45) is 8.52. The maximum Gasteiger partial charge on any atom is 0.243 e. The average Bonchev–Trinajstić information content (AvgIpc) is 3.20. The molecule has 0 spiro atoms. The van der Waals surface area contributed by atoms with Crippen LogP contribution in [0.1, 0.15) is 50.5 Å². The zero-order chi connectivity index (χ0) is 19.8. The molecule has 2 atom stereocenters. The van der Waals surface area contributed by atoms with Gasteiger partial charge in [0.2, 0.25) is 11.8 Å². The van der Waals surface area contributed by atoms with E-state index in [0.29, 0.717) is 6.42 Å². The highest BCUT2D eigenvalue weighted by molar-refractivity contribution is 5.90. The predicted molar refractivity (Wildman–Crippen MR) is 119 cm³/mol. The third-order valence-electron chi connectivity index (χ3n) is 7.83. The van der Waals surface area contributed by atoms with Gasteiger partial charge in [-0.1, -0.05) is 30.3 Å². The minimum atomic E-state index is -0.501. The number of benzene rings is 1. The van der Waals surface area contributed by atoms with Gasteiger partial charge in [-0.25, -0.2) is 0 Å². The fourth-order valence-corrected chi connectivity index (χ4v) is 6.84. The molecular weight excluding hydrogens is 398 g/mol. The molecule has 3 N–H and O–H groups in total. The Morgan fingerprint density at radius 1 is 1.03 bits per heavy atom. The molecule has 1 aliphatic heterocycles. The standard InChI is InChI=1S/C24H33N3O2.ClH/c28-22(26-20-6-7-25-15-20)21(11-16-4-2-1-3-5-16)27-23(29)24-12-17-8-18(13-24)10-19(9-17)14-24;/h1-5,17-21,25H,6-15H2,(H,26,28)(H,27,29);1H. The van der Waals surface area contributed by atoms with Crippen LogP contribution in [0.2, 0.25) is 0 Å². The average molecular weight is 432 g/mol. The van der Waals surface area contributed by atoms with Crippen molar-refractivity contribution in [3.63, 3.8) is 0 Å². The summed E-state index contributed by atoms with van der Waals surface area (Å²) < 4.78 is 0. The van der Waals surface area contributed by atoms with Gasteiger partial charge in [0, 0.05) is 24.4 Å². The summed E-state index contributed by atoms with van der Waals surface area (Å²) >= 11 is 0. The van der Waals surface area contributed by atoms with Crippen LogP contribution in [0.25, 0.3) is 0 Å². The van der Waals surface area contributed by atoms with Crippen molar-refractivity contribution in [3.8, 4) is 0 Å². The zero-order valence-electron chi connectivity index (χ0n) is 17.6. The summed E-state index contributed by atoms with van der Waals surface area (Å²) in [5.41, 5.74) is 0.863. The van der Waals surface area contributed by atoms with E-state index in [1.165, 1.54) is 19.3 Å². The first-order valence-electron chi connectivity index (χ1n) is 11.5. The number of rotatable bonds is 6. The third kappa shape index (κ3) is 4.38. The van der Waals surface area contributed by atoms with Gasteiger partial charge < -0.3 is 16.0 Å². The first-order valence-corrected chi connectivity index (χ1v) is 11.5. The molecule has 5 aliphatic rings. The highest BCUT2D eigenvalue weighted by Gasteiger charge is 2.55. The van der Waals surface area contributed by atoms with Crippen molar-refractivity contribution in [2.75, 3.05) is 13.1 Å². The number of amides is 2. The molecule has 2 amide bonds. The number of halogens is 1. The Morgan fingerprint density at radius 2 is 1.67 bits per heavy atom. The molecule has 30 heavy (non-hydrogen) atoms. The molecular formula is C24H34ClN3O2. The van der Waals surface area contributed by atoms with Crippen LogP contribution in [0.5, 0.6) is 0 Å². The number of hydrogen-bond acceptors (Lipinski definition) is 3. The van der Waals surface area contributed by atoms with E-state index < -0.39 is 6.04 Å². The normalized spacial score (nSPS) is 34.8. The molecule has 0 radical (unpaired) electrons. The van der Waals surface area contributed by atoms with E-state index in [9.17, 15) is 9.59 Å². The van der Waals surface area contributed by atoms with Gasteiger partial charge in [0.15, 0.2) is 0 Å². The minimum Gasteiger partial charge on any atom is -0.350 e. The van der Waals surface area contributed by atoms with Crippen molar-refractivity contribution in [1.29, 1.82) is 0 Å². The van der Waals surface area contributed by atoms with Crippen molar-refractivity contribution in [2.45, 2.75) is 63.5 Å². The van der Waals surface area contributed by atoms with Crippen molar-refractivity contribution in [3.05, 3.63) is 35.9 Å². The summed E-state index contributed by atoms with van der Waals surface area (Å²) in [5.74, 6) is 2.26. The molecule has 1 aromatic carbocycles. The van der Waals surface area contributed by atoms with Crippen LogP contribution in [-0.2, 0) is 16.0 Å². The second kappa shape index (κ2) is 8.88. The molecule has 164 valence electrons. The molecule has 5 fully saturated rings. The van der Waals surface area contributed by atoms with Gasteiger partial charge in [-0.05, 0) is 74.8 Å². The Bertz CT molecular complexity index is 728. The van der Waals surface area contributed by atoms with Gasteiger partial charge in [-0.2, -0.15) is 0 Å². The fraction of sp³-hybridized carbons (Fsp3) is 0.667. The largest absolute Gasteiger partial charge is 0.350 e. The van der Waals surface area contributed by atoms with Gasteiger partial charge in [0.05, 0.1) is 0 Å². The van der Waals surface area contributed by atoms with E-state index in [4.69, 9.17) is 0 Å². The van der Waals surface area contributed by atoms with E-state index in [2.05, 4.69) is 16.0 Å². The number of carbonyl (C=O) groups excluding carboxylic acids is 2. The van der Waals surface area contributed by atoms with Crippen molar-refractivity contribution < 1.29 is 9.59 Å². The van der Waals surface area contributed by atoms with Crippen LogP contribution in [0.15, 0.2) is 30.3 Å². The lowest BCUT2D eigenvalue weighted by atomic mass is 9.49. The van der Waals surface area contributed by atoms with Crippen LogP contribution < -0.4 is 16.0 Å². The maximum absolute atomic E-state index is 13.5. The summed E-state index contributed by atoms with van der Waals surface area (Å²) in [7, 11) is 0. The van der Waals surface area contributed by atoms with Crippen LogP contribution in [0.3, 0.4) is 0 Å². The first kappa shape index (κ1) is 21.6. The Hall–Kier alpha value is -1.59. The fourth-order valence-electron chi connectivity index (χ4n) is 6.84. The van der Waals surface area contributed by atoms with Crippen LogP contribution in [0.4, 0.5) is 0 Å². The molecule has 2 unspecified atom stereocenters. The first-order chi connectivity index (χ1) is 14.1. The lowest BCUT2D eigenvalue weighted by Crippen LogP contribution is -2.58. The highest BCUT2D eigenvalue weighted by Crippen LogP contribution is 2.60. The maximum atomic E-state index is 13.5. The van der Waals surface area contributed by atoms with E-state index in [-0.39, 0.29) is 35.7 Å². The van der Waals surface area contributed by atoms with E-state index in [1.54, 1.807) is 0 Å². The zero-order valence-corrected chi connectivity index (χ0v) is 18.4. The van der Waals surface area contributed by atoms with E-state index in [0.717, 1.165) is 62.1 Å². The van der Waals surface area contributed by atoms with Crippen LogP contribution in [-0.4, -0.2) is 37.0 Å². The third-order valence-corrected chi connectivity index (χ3v) is 7.83. The van der Waals surface area contributed by atoms with E-state index in [1.807, 2.05) is 30.3 Å². The van der Waals surface area contributed by atoms with Gasteiger partial charge in [0.25, 0.3) is 0 Å². The van der Waals surface area contributed by atoms with Crippen LogP contribution in [0, 0.1) is 23.2 Å². The lowest BCUT2D eigenvalue weighted by molar-refractivity contribution is -0.148. The van der Waals surface area contributed by atoms with Crippen molar-refractivity contribution in [2.24, 2.45) is 23.2 Å². The monoisotopic (exact) mass is 431 g/mol. The van der Waals surface area contributed by atoms with Gasteiger partial charge >= 0.3 is 0 Å².